The van der Waals surface area contributed by atoms with Gasteiger partial charge in [-0.05, 0) is 56.5 Å². The van der Waals surface area contributed by atoms with Crippen molar-refractivity contribution < 1.29 is 35.3 Å². The predicted molar refractivity (Wildman–Crippen MR) is 98.4 cm³/mol. The monoisotopic (exact) mass is 441 g/mol. The Morgan fingerprint density at radius 3 is 2.48 bits per heavy atom. The SMILES string of the molecule is CN=C(/C=C(\C)C1CC(C)(S(=O)c2cccc(C(F)(F)F)c2)CCO1)C(F)(F)F. The van der Waals surface area contributed by atoms with E-state index in [4.69, 9.17) is 4.74 Å². The molecule has 0 bridgehead atoms. The van der Waals surface area contributed by atoms with Gasteiger partial charge >= 0.3 is 12.4 Å². The topological polar surface area (TPSA) is 38.7 Å². The van der Waals surface area contributed by atoms with E-state index in [1.54, 1.807) is 6.92 Å². The molecular formula is C19H21F6NO2S. The van der Waals surface area contributed by atoms with Crippen molar-refractivity contribution in [3.8, 4) is 0 Å². The number of hydrogen-bond donors (Lipinski definition) is 0. The minimum atomic E-state index is -4.62. The summed E-state index contributed by atoms with van der Waals surface area (Å²) in [5.41, 5.74) is -1.71. The van der Waals surface area contributed by atoms with Crippen molar-refractivity contribution in [1.29, 1.82) is 0 Å². The van der Waals surface area contributed by atoms with E-state index in [-0.39, 0.29) is 23.5 Å². The lowest BCUT2D eigenvalue weighted by molar-refractivity contribution is -0.137. The summed E-state index contributed by atoms with van der Waals surface area (Å²) < 4.78 is 95.3. The van der Waals surface area contributed by atoms with Gasteiger partial charge in [0, 0.05) is 18.6 Å². The molecule has 3 atom stereocenters. The number of rotatable bonds is 4. The molecule has 1 saturated heterocycles. The average Bonchev–Trinajstić information content (AvgIpc) is 2.63. The summed E-state index contributed by atoms with van der Waals surface area (Å²) in [5, 5.41) is 0. The highest BCUT2D eigenvalue weighted by Gasteiger charge is 2.41. The second-order valence-electron chi connectivity index (χ2n) is 7.05. The molecule has 2 rings (SSSR count). The Labute approximate surface area is 167 Å². The summed E-state index contributed by atoms with van der Waals surface area (Å²) >= 11 is 0. The predicted octanol–water partition coefficient (Wildman–Crippen LogP) is 5.33. The van der Waals surface area contributed by atoms with Gasteiger partial charge in [-0.2, -0.15) is 26.3 Å². The second-order valence-corrected chi connectivity index (χ2v) is 9.05. The number of allylic oxidation sites excluding steroid dienone is 1. The highest BCUT2D eigenvalue weighted by molar-refractivity contribution is 7.86. The van der Waals surface area contributed by atoms with Crippen LogP contribution in [0.25, 0.3) is 0 Å². The van der Waals surface area contributed by atoms with Crippen LogP contribution < -0.4 is 0 Å². The molecule has 1 fully saturated rings. The van der Waals surface area contributed by atoms with E-state index in [1.165, 1.54) is 19.1 Å². The maximum absolute atomic E-state index is 13.1. The summed E-state index contributed by atoms with van der Waals surface area (Å²) in [6.07, 6.45) is -8.65. The van der Waals surface area contributed by atoms with Gasteiger partial charge in [0.2, 0.25) is 0 Å². The first kappa shape index (κ1) is 23.6. The Balaban J connectivity index is 2.28. The zero-order valence-electron chi connectivity index (χ0n) is 16.0. The van der Waals surface area contributed by atoms with E-state index in [9.17, 15) is 30.6 Å². The maximum atomic E-state index is 13.1. The molecule has 0 aliphatic carbocycles. The molecule has 0 aromatic heterocycles. The molecule has 0 amide bonds. The van der Waals surface area contributed by atoms with Crippen molar-refractivity contribution in [3.63, 3.8) is 0 Å². The molecule has 162 valence electrons. The summed E-state index contributed by atoms with van der Waals surface area (Å²) in [4.78, 5) is 3.26. The number of ether oxygens (including phenoxy) is 1. The molecule has 1 aromatic carbocycles. The van der Waals surface area contributed by atoms with Crippen LogP contribution in [0.15, 0.2) is 45.8 Å². The summed E-state index contributed by atoms with van der Waals surface area (Å²) in [6, 6.07) is 4.29. The highest BCUT2D eigenvalue weighted by Crippen LogP contribution is 2.38. The molecule has 3 unspecified atom stereocenters. The first-order valence-electron chi connectivity index (χ1n) is 8.71. The fourth-order valence-corrected chi connectivity index (χ4v) is 4.66. The van der Waals surface area contributed by atoms with Crippen molar-refractivity contribution in [2.24, 2.45) is 4.99 Å². The van der Waals surface area contributed by atoms with Gasteiger partial charge < -0.3 is 4.74 Å². The number of hydrogen-bond acceptors (Lipinski definition) is 3. The van der Waals surface area contributed by atoms with Crippen molar-refractivity contribution in [3.05, 3.63) is 41.5 Å². The van der Waals surface area contributed by atoms with E-state index in [2.05, 4.69) is 4.99 Å². The fraction of sp³-hybridized carbons (Fsp3) is 0.526. The molecular weight excluding hydrogens is 420 g/mol. The molecule has 1 aromatic rings. The lowest BCUT2D eigenvalue weighted by Crippen LogP contribution is -2.42. The van der Waals surface area contributed by atoms with Crippen LogP contribution in [0, 0.1) is 0 Å². The second kappa shape index (κ2) is 8.59. The molecule has 1 heterocycles. The van der Waals surface area contributed by atoms with Crippen molar-refractivity contribution >= 4 is 16.5 Å². The number of benzene rings is 1. The van der Waals surface area contributed by atoms with Gasteiger partial charge in [-0.3, -0.25) is 9.20 Å². The summed E-state index contributed by atoms with van der Waals surface area (Å²) in [7, 11) is -0.780. The number of nitrogens with zero attached hydrogens (tertiary/aromatic N) is 1. The van der Waals surface area contributed by atoms with E-state index in [1.807, 2.05) is 0 Å². The molecule has 1 aliphatic rings. The van der Waals surface area contributed by atoms with Crippen LogP contribution in [0.4, 0.5) is 26.3 Å². The largest absolute Gasteiger partial charge is 0.432 e. The minimum absolute atomic E-state index is 0.0238. The first-order valence-corrected chi connectivity index (χ1v) is 9.86. The summed E-state index contributed by atoms with van der Waals surface area (Å²) in [5.74, 6) is 0. The van der Waals surface area contributed by atoms with Gasteiger partial charge in [0.1, 0.15) is 5.71 Å². The van der Waals surface area contributed by atoms with E-state index < -0.39 is 45.3 Å². The molecule has 0 radical (unpaired) electrons. The van der Waals surface area contributed by atoms with Gasteiger partial charge in [-0.1, -0.05) is 6.07 Å². The van der Waals surface area contributed by atoms with Crippen LogP contribution in [0.3, 0.4) is 0 Å². The molecule has 0 spiro atoms. The third kappa shape index (κ3) is 5.69. The Hall–Kier alpha value is -1.68. The Morgan fingerprint density at radius 1 is 1.28 bits per heavy atom. The molecule has 0 saturated carbocycles. The van der Waals surface area contributed by atoms with Crippen LogP contribution in [0.1, 0.15) is 32.3 Å². The van der Waals surface area contributed by atoms with Gasteiger partial charge in [-0.15, -0.1) is 0 Å². The number of alkyl halides is 6. The van der Waals surface area contributed by atoms with Crippen molar-refractivity contribution in [2.75, 3.05) is 13.7 Å². The van der Waals surface area contributed by atoms with Crippen molar-refractivity contribution in [2.45, 2.75) is 54.8 Å². The zero-order chi connectivity index (χ0) is 22.0. The van der Waals surface area contributed by atoms with Crippen LogP contribution in [0.2, 0.25) is 0 Å². The van der Waals surface area contributed by atoms with E-state index >= 15 is 0 Å². The van der Waals surface area contributed by atoms with Crippen LogP contribution in [-0.2, 0) is 21.7 Å². The molecule has 29 heavy (non-hydrogen) atoms. The van der Waals surface area contributed by atoms with Gasteiger partial charge in [0.25, 0.3) is 0 Å². The maximum Gasteiger partial charge on any atom is 0.432 e. The average molecular weight is 441 g/mol. The van der Waals surface area contributed by atoms with E-state index in [0.29, 0.717) is 6.42 Å². The standard InChI is InChI=1S/C19H21F6NO2S/c1-12(9-16(26-3)19(23,24)25)15-11-17(2,7-8-28-15)29(27)14-6-4-5-13(10-14)18(20,21)22/h4-6,9-10,15H,7-8,11H2,1-3H3/b12-9+,26-16?. The molecule has 3 nitrogen and oxygen atoms in total. The zero-order valence-corrected chi connectivity index (χ0v) is 16.8. The minimum Gasteiger partial charge on any atom is -0.374 e. The lowest BCUT2D eigenvalue weighted by atomic mass is 9.92. The molecule has 10 heteroatoms. The fourth-order valence-electron chi connectivity index (χ4n) is 3.09. The van der Waals surface area contributed by atoms with Crippen molar-refractivity contribution in [1.82, 2.24) is 0 Å². The Bertz CT molecular complexity index is 831. The quantitative estimate of drug-likeness (QED) is 0.468. The smallest absolute Gasteiger partial charge is 0.374 e. The molecule has 0 N–H and O–H groups in total. The third-order valence-corrected chi connectivity index (χ3v) is 6.74. The van der Waals surface area contributed by atoms with Crippen LogP contribution in [0.5, 0.6) is 0 Å². The number of aliphatic imine (C=N–C) groups is 1. The first-order chi connectivity index (χ1) is 13.3. The van der Waals surface area contributed by atoms with Gasteiger partial charge in [-0.25, -0.2) is 0 Å². The van der Waals surface area contributed by atoms with E-state index in [0.717, 1.165) is 25.3 Å². The van der Waals surface area contributed by atoms with Crippen LogP contribution in [-0.4, -0.2) is 40.6 Å². The normalized spacial score (nSPS) is 25.8. The lowest BCUT2D eigenvalue weighted by Gasteiger charge is -2.38. The molecule has 1 aliphatic heterocycles. The van der Waals surface area contributed by atoms with Crippen LogP contribution >= 0.6 is 0 Å². The Morgan fingerprint density at radius 2 is 1.93 bits per heavy atom. The summed E-state index contributed by atoms with van der Waals surface area (Å²) in [6.45, 7) is 3.23. The van der Waals surface area contributed by atoms with Gasteiger partial charge in [0.05, 0.1) is 27.2 Å². The Kier molecular flexibility index (Phi) is 6.99. The number of halogens is 6. The van der Waals surface area contributed by atoms with Gasteiger partial charge in [0.15, 0.2) is 0 Å². The highest BCUT2D eigenvalue weighted by atomic mass is 32.2. The third-order valence-electron chi connectivity index (χ3n) is 4.79.